The Labute approximate surface area is 171 Å². The number of benzene rings is 2. The SMILES string of the molecule is COc1ccc(CNC(=O)C2CCC(C(=O)Nc3ccccc3OC)CC2)cc1. The van der Waals surface area contributed by atoms with Crippen molar-refractivity contribution < 1.29 is 19.1 Å². The monoisotopic (exact) mass is 396 g/mol. The second-order valence-corrected chi connectivity index (χ2v) is 7.30. The summed E-state index contributed by atoms with van der Waals surface area (Å²) < 4.78 is 10.4. The van der Waals surface area contributed by atoms with Crippen LogP contribution in [-0.2, 0) is 16.1 Å². The third-order valence-electron chi connectivity index (χ3n) is 5.46. The molecule has 0 saturated heterocycles. The first-order valence-electron chi connectivity index (χ1n) is 9.95. The molecular weight excluding hydrogens is 368 g/mol. The molecule has 29 heavy (non-hydrogen) atoms. The average Bonchev–Trinajstić information content (AvgIpc) is 2.78. The summed E-state index contributed by atoms with van der Waals surface area (Å²) in [6, 6.07) is 15.0. The van der Waals surface area contributed by atoms with E-state index in [0.29, 0.717) is 30.8 Å². The lowest BCUT2D eigenvalue weighted by Gasteiger charge is -2.27. The Morgan fingerprint density at radius 3 is 2.10 bits per heavy atom. The van der Waals surface area contributed by atoms with Gasteiger partial charge in [0.2, 0.25) is 11.8 Å². The molecule has 0 aliphatic heterocycles. The van der Waals surface area contributed by atoms with Gasteiger partial charge in [-0.25, -0.2) is 0 Å². The Bertz CT molecular complexity index is 827. The molecule has 0 atom stereocenters. The molecule has 0 aromatic heterocycles. The summed E-state index contributed by atoms with van der Waals surface area (Å²) in [7, 11) is 3.21. The Morgan fingerprint density at radius 1 is 0.862 bits per heavy atom. The van der Waals surface area contributed by atoms with Gasteiger partial charge in [0, 0.05) is 18.4 Å². The van der Waals surface area contributed by atoms with E-state index in [1.54, 1.807) is 14.2 Å². The van der Waals surface area contributed by atoms with Crippen LogP contribution in [0.25, 0.3) is 0 Å². The fourth-order valence-corrected chi connectivity index (χ4v) is 3.68. The summed E-state index contributed by atoms with van der Waals surface area (Å²) in [6.45, 7) is 0.497. The zero-order valence-electron chi connectivity index (χ0n) is 16.9. The van der Waals surface area contributed by atoms with E-state index in [2.05, 4.69) is 10.6 Å². The molecule has 2 aromatic rings. The smallest absolute Gasteiger partial charge is 0.227 e. The molecule has 2 amide bonds. The molecule has 1 aliphatic carbocycles. The van der Waals surface area contributed by atoms with E-state index in [0.717, 1.165) is 24.2 Å². The summed E-state index contributed by atoms with van der Waals surface area (Å²) in [5.41, 5.74) is 1.71. The summed E-state index contributed by atoms with van der Waals surface area (Å²) in [6.07, 6.45) is 2.86. The van der Waals surface area contributed by atoms with Gasteiger partial charge in [0.1, 0.15) is 11.5 Å². The van der Waals surface area contributed by atoms with E-state index in [4.69, 9.17) is 9.47 Å². The number of ether oxygens (including phenoxy) is 2. The fraction of sp³-hybridized carbons (Fsp3) is 0.391. The minimum atomic E-state index is -0.0782. The summed E-state index contributed by atoms with van der Waals surface area (Å²) in [4.78, 5) is 25.1. The summed E-state index contributed by atoms with van der Waals surface area (Å²) in [5, 5.41) is 5.96. The molecule has 0 spiro atoms. The standard InChI is InChI=1S/C23H28N2O4/c1-28-19-13-7-16(8-14-19)15-24-22(26)17-9-11-18(12-10-17)23(27)25-20-5-3-4-6-21(20)29-2/h3-8,13-14,17-18H,9-12,15H2,1-2H3,(H,24,26)(H,25,27). The van der Waals surface area contributed by atoms with Gasteiger partial charge in [-0.05, 0) is 55.5 Å². The Balaban J connectivity index is 1.45. The molecule has 0 bridgehead atoms. The molecule has 1 fully saturated rings. The second-order valence-electron chi connectivity index (χ2n) is 7.30. The summed E-state index contributed by atoms with van der Waals surface area (Å²) >= 11 is 0. The molecule has 3 rings (SSSR count). The number of amides is 2. The number of anilines is 1. The molecule has 6 heteroatoms. The van der Waals surface area contributed by atoms with Crippen molar-refractivity contribution in [3.8, 4) is 11.5 Å². The number of hydrogen-bond acceptors (Lipinski definition) is 4. The van der Waals surface area contributed by atoms with Crippen LogP contribution < -0.4 is 20.1 Å². The van der Waals surface area contributed by atoms with E-state index < -0.39 is 0 Å². The largest absolute Gasteiger partial charge is 0.497 e. The van der Waals surface area contributed by atoms with E-state index in [9.17, 15) is 9.59 Å². The first-order valence-corrected chi connectivity index (χ1v) is 9.95. The number of hydrogen-bond donors (Lipinski definition) is 2. The highest BCUT2D eigenvalue weighted by atomic mass is 16.5. The van der Waals surface area contributed by atoms with Crippen LogP contribution in [0.3, 0.4) is 0 Å². The fourth-order valence-electron chi connectivity index (χ4n) is 3.68. The molecule has 154 valence electrons. The first-order chi connectivity index (χ1) is 14.1. The first kappa shape index (κ1) is 20.7. The van der Waals surface area contributed by atoms with Gasteiger partial charge < -0.3 is 20.1 Å². The van der Waals surface area contributed by atoms with E-state index in [1.807, 2.05) is 48.5 Å². The highest BCUT2D eigenvalue weighted by Gasteiger charge is 2.30. The number of methoxy groups -OCH3 is 2. The van der Waals surface area contributed by atoms with Crippen molar-refractivity contribution in [2.24, 2.45) is 11.8 Å². The minimum Gasteiger partial charge on any atom is -0.497 e. The Hall–Kier alpha value is -3.02. The molecule has 1 saturated carbocycles. The topological polar surface area (TPSA) is 76.7 Å². The van der Waals surface area contributed by atoms with E-state index >= 15 is 0 Å². The van der Waals surface area contributed by atoms with Crippen molar-refractivity contribution in [2.75, 3.05) is 19.5 Å². The molecular formula is C23H28N2O4. The molecule has 2 aromatic carbocycles. The third-order valence-corrected chi connectivity index (χ3v) is 5.46. The van der Waals surface area contributed by atoms with E-state index in [1.165, 1.54) is 0 Å². The summed E-state index contributed by atoms with van der Waals surface area (Å²) in [5.74, 6) is 1.38. The maximum Gasteiger partial charge on any atom is 0.227 e. The Morgan fingerprint density at radius 2 is 1.48 bits per heavy atom. The van der Waals surface area contributed by atoms with Gasteiger partial charge in [-0.3, -0.25) is 9.59 Å². The van der Waals surface area contributed by atoms with Crippen molar-refractivity contribution in [3.63, 3.8) is 0 Å². The highest BCUT2D eigenvalue weighted by molar-refractivity contribution is 5.94. The van der Waals surface area contributed by atoms with Crippen LogP contribution in [0.15, 0.2) is 48.5 Å². The lowest BCUT2D eigenvalue weighted by molar-refractivity contribution is -0.128. The molecule has 2 N–H and O–H groups in total. The molecule has 6 nitrogen and oxygen atoms in total. The van der Waals surface area contributed by atoms with Crippen molar-refractivity contribution in [2.45, 2.75) is 32.2 Å². The van der Waals surface area contributed by atoms with Crippen molar-refractivity contribution >= 4 is 17.5 Å². The van der Waals surface area contributed by atoms with Gasteiger partial charge in [-0.15, -0.1) is 0 Å². The lowest BCUT2D eigenvalue weighted by atomic mass is 9.81. The zero-order chi connectivity index (χ0) is 20.6. The second kappa shape index (κ2) is 9.96. The number of carbonyl (C=O) groups excluding carboxylic acids is 2. The predicted octanol–water partition coefficient (Wildman–Crippen LogP) is 3.77. The zero-order valence-corrected chi connectivity index (χ0v) is 16.9. The predicted molar refractivity (Wildman–Crippen MR) is 112 cm³/mol. The number of carbonyl (C=O) groups is 2. The lowest BCUT2D eigenvalue weighted by Crippen LogP contribution is -2.35. The molecule has 0 unspecified atom stereocenters. The normalized spacial score (nSPS) is 18.6. The molecule has 1 aliphatic rings. The number of rotatable bonds is 7. The van der Waals surface area contributed by atoms with Gasteiger partial charge in [-0.1, -0.05) is 24.3 Å². The maximum absolute atomic E-state index is 12.6. The van der Waals surface area contributed by atoms with Crippen LogP contribution in [-0.4, -0.2) is 26.0 Å². The van der Waals surface area contributed by atoms with Crippen LogP contribution in [0.5, 0.6) is 11.5 Å². The van der Waals surface area contributed by atoms with Crippen molar-refractivity contribution in [3.05, 3.63) is 54.1 Å². The maximum atomic E-state index is 12.6. The van der Waals surface area contributed by atoms with Gasteiger partial charge in [0.15, 0.2) is 0 Å². The number of para-hydroxylation sites is 2. The third kappa shape index (κ3) is 5.50. The highest BCUT2D eigenvalue weighted by Crippen LogP contribution is 2.31. The van der Waals surface area contributed by atoms with Crippen LogP contribution in [0, 0.1) is 11.8 Å². The molecule has 0 radical (unpaired) electrons. The number of nitrogens with one attached hydrogen (secondary N) is 2. The van der Waals surface area contributed by atoms with Crippen molar-refractivity contribution in [1.82, 2.24) is 5.32 Å². The van der Waals surface area contributed by atoms with Crippen LogP contribution in [0.2, 0.25) is 0 Å². The van der Waals surface area contributed by atoms with Crippen LogP contribution >= 0.6 is 0 Å². The van der Waals surface area contributed by atoms with Crippen LogP contribution in [0.1, 0.15) is 31.2 Å². The Kier molecular flexibility index (Phi) is 7.11. The van der Waals surface area contributed by atoms with Gasteiger partial charge in [-0.2, -0.15) is 0 Å². The van der Waals surface area contributed by atoms with Crippen molar-refractivity contribution in [1.29, 1.82) is 0 Å². The average molecular weight is 396 g/mol. The van der Waals surface area contributed by atoms with Gasteiger partial charge in [0.05, 0.1) is 19.9 Å². The van der Waals surface area contributed by atoms with Crippen LogP contribution in [0.4, 0.5) is 5.69 Å². The minimum absolute atomic E-state index is 0.00779. The van der Waals surface area contributed by atoms with Gasteiger partial charge in [0.25, 0.3) is 0 Å². The quantitative estimate of drug-likeness (QED) is 0.747. The molecule has 0 heterocycles. The van der Waals surface area contributed by atoms with E-state index in [-0.39, 0.29) is 23.7 Å². The van der Waals surface area contributed by atoms with Gasteiger partial charge >= 0.3 is 0 Å².